The number of imidazole rings is 1. The lowest BCUT2D eigenvalue weighted by molar-refractivity contribution is 0.376. The average molecular weight is 177 g/mol. The van der Waals surface area contributed by atoms with Crippen molar-refractivity contribution in [2.24, 2.45) is 0 Å². The second-order valence-corrected chi connectivity index (χ2v) is 4.03. The Bertz CT molecular complexity index is 288. The van der Waals surface area contributed by atoms with Gasteiger partial charge in [-0.2, -0.15) is 0 Å². The van der Waals surface area contributed by atoms with Gasteiger partial charge < -0.3 is 9.88 Å². The van der Waals surface area contributed by atoms with Crippen molar-refractivity contribution in [3.05, 3.63) is 17.7 Å². The lowest BCUT2D eigenvalue weighted by atomic mass is 10.1. The smallest absolute Gasteiger partial charge is 0.109 e. The van der Waals surface area contributed by atoms with Crippen molar-refractivity contribution < 1.29 is 0 Å². The van der Waals surface area contributed by atoms with Crippen molar-refractivity contribution in [3.63, 3.8) is 0 Å². The van der Waals surface area contributed by atoms with E-state index in [2.05, 4.69) is 21.1 Å². The van der Waals surface area contributed by atoms with Crippen LogP contribution in [0.3, 0.4) is 0 Å². The van der Waals surface area contributed by atoms with Gasteiger partial charge in [0.2, 0.25) is 0 Å². The van der Waals surface area contributed by atoms with Gasteiger partial charge >= 0.3 is 0 Å². The summed E-state index contributed by atoms with van der Waals surface area (Å²) < 4.78 is 2.33. The zero-order valence-corrected chi connectivity index (χ0v) is 7.79. The molecule has 2 aliphatic heterocycles. The van der Waals surface area contributed by atoms with E-state index in [0.717, 1.165) is 6.54 Å². The molecule has 3 heteroatoms. The zero-order chi connectivity index (χ0) is 8.67. The summed E-state index contributed by atoms with van der Waals surface area (Å²) in [4.78, 5) is 4.67. The fraction of sp³-hybridized carbons (Fsp3) is 0.700. The number of rotatable bonds is 1. The maximum absolute atomic E-state index is 4.67. The third-order valence-electron chi connectivity index (χ3n) is 3.11. The molecule has 70 valence electrons. The normalized spacial score (nSPS) is 26.6. The molecule has 0 aliphatic carbocycles. The van der Waals surface area contributed by atoms with Gasteiger partial charge in [0.25, 0.3) is 0 Å². The minimum absolute atomic E-state index is 0.554. The summed E-state index contributed by atoms with van der Waals surface area (Å²) in [6.45, 7) is 2.34. The van der Waals surface area contributed by atoms with Crippen LogP contribution in [0.5, 0.6) is 0 Å². The molecular weight excluding hydrogens is 162 g/mol. The number of hydrogen-bond donors (Lipinski definition) is 1. The highest BCUT2D eigenvalue weighted by molar-refractivity contribution is 5.12. The van der Waals surface area contributed by atoms with E-state index in [0.29, 0.717) is 6.04 Å². The molecule has 1 N–H and O–H groups in total. The molecule has 1 aromatic rings. The van der Waals surface area contributed by atoms with Gasteiger partial charge in [0.1, 0.15) is 5.82 Å². The molecule has 3 rings (SSSR count). The molecule has 1 atom stereocenters. The van der Waals surface area contributed by atoms with Gasteiger partial charge in [0.15, 0.2) is 0 Å². The fourth-order valence-electron chi connectivity index (χ4n) is 2.14. The molecule has 0 amide bonds. The summed E-state index contributed by atoms with van der Waals surface area (Å²) in [6.07, 6.45) is 7.31. The Morgan fingerprint density at radius 3 is 3.08 bits per heavy atom. The number of fused-ring (bicyclic) bond motifs is 1. The summed E-state index contributed by atoms with van der Waals surface area (Å²) in [5.41, 5.74) is 1.27. The van der Waals surface area contributed by atoms with Crippen molar-refractivity contribution in [1.29, 1.82) is 0 Å². The van der Waals surface area contributed by atoms with E-state index in [1.165, 1.54) is 43.7 Å². The van der Waals surface area contributed by atoms with Gasteiger partial charge in [-0.05, 0) is 25.8 Å². The topological polar surface area (TPSA) is 29.9 Å². The lowest BCUT2D eigenvalue weighted by Gasteiger charge is -2.25. The largest absolute Gasteiger partial charge is 0.335 e. The van der Waals surface area contributed by atoms with E-state index in [9.17, 15) is 0 Å². The van der Waals surface area contributed by atoms with Crippen molar-refractivity contribution in [2.75, 3.05) is 6.54 Å². The lowest BCUT2D eigenvalue weighted by Crippen LogP contribution is -2.35. The van der Waals surface area contributed by atoms with Gasteiger partial charge in [-0.1, -0.05) is 0 Å². The van der Waals surface area contributed by atoms with Crippen molar-refractivity contribution >= 4 is 0 Å². The van der Waals surface area contributed by atoms with E-state index < -0.39 is 0 Å². The van der Waals surface area contributed by atoms with Crippen molar-refractivity contribution in [1.82, 2.24) is 14.9 Å². The second kappa shape index (κ2) is 2.84. The summed E-state index contributed by atoms with van der Waals surface area (Å²) in [5, 5.41) is 3.40. The van der Waals surface area contributed by atoms with Crippen LogP contribution in [0.25, 0.3) is 0 Å². The Balaban J connectivity index is 1.90. The highest BCUT2D eigenvalue weighted by Gasteiger charge is 2.23. The Kier molecular flexibility index (Phi) is 1.65. The first kappa shape index (κ1) is 7.56. The average Bonchev–Trinajstić information content (AvgIpc) is 2.43. The molecule has 1 aromatic heterocycles. The van der Waals surface area contributed by atoms with Crippen molar-refractivity contribution in [3.8, 4) is 0 Å². The highest BCUT2D eigenvalue weighted by atomic mass is 15.1. The van der Waals surface area contributed by atoms with Gasteiger partial charge in [-0.3, -0.25) is 0 Å². The van der Waals surface area contributed by atoms with Gasteiger partial charge in [-0.25, -0.2) is 4.98 Å². The monoisotopic (exact) mass is 177 g/mol. The molecular formula is C10H15N3. The van der Waals surface area contributed by atoms with Crippen LogP contribution < -0.4 is 5.32 Å². The predicted octanol–water partition coefficient (Wildman–Crippen LogP) is 1.25. The minimum atomic E-state index is 0.554. The van der Waals surface area contributed by atoms with Crippen molar-refractivity contribution in [2.45, 2.75) is 38.3 Å². The van der Waals surface area contributed by atoms with Crippen LogP contribution in [0, 0.1) is 0 Å². The molecule has 1 saturated heterocycles. The van der Waals surface area contributed by atoms with Crippen LogP contribution in [0.4, 0.5) is 0 Å². The number of nitrogens with zero attached hydrogens (tertiary/aromatic N) is 2. The van der Waals surface area contributed by atoms with Crippen LogP contribution >= 0.6 is 0 Å². The third-order valence-corrected chi connectivity index (χ3v) is 3.11. The van der Waals surface area contributed by atoms with Gasteiger partial charge in [0, 0.05) is 19.2 Å². The van der Waals surface area contributed by atoms with Crippen LogP contribution in [0.2, 0.25) is 0 Å². The molecule has 0 aromatic carbocycles. The van der Waals surface area contributed by atoms with Crippen LogP contribution in [0.1, 0.15) is 36.8 Å². The Morgan fingerprint density at radius 1 is 1.46 bits per heavy atom. The Hall–Kier alpha value is -0.830. The maximum Gasteiger partial charge on any atom is 0.109 e. The number of hydrogen-bond acceptors (Lipinski definition) is 2. The summed E-state index contributed by atoms with van der Waals surface area (Å²) in [6, 6.07) is 0.554. The molecule has 2 aliphatic rings. The summed E-state index contributed by atoms with van der Waals surface area (Å²) in [5.74, 6) is 1.30. The third kappa shape index (κ3) is 1.18. The maximum atomic E-state index is 4.67. The van der Waals surface area contributed by atoms with E-state index in [1.807, 2.05) is 0 Å². The molecule has 3 nitrogen and oxygen atoms in total. The molecule has 0 saturated carbocycles. The van der Waals surface area contributed by atoms with Gasteiger partial charge in [-0.15, -0.1) is 0 Å². The van der Waals surface area contributed by atoms with Crippen LogP contribution in [-0.2, 0) is 13.0 Å². The number of nitrogens with one attached hydrogen (secondary N) is 1. The Morgan fingerprint density at radius 2 is 2.38 bits per heavy atom. The standard InChI is InChI=1S/C10H15N3/c1-2-6-13-7-9(8-4-5-11-8)12-10(13)3-1/h7-8,11H,1-6H2. The molecule has 0 spiro atoms. The molecule has 3 heterocycles. The molecule has 1 unspecified atom stereocenters. The highest BCUT2D eigenvalue weighted by Crippen LogP contribution is 2.24. The van der Waals surface area contributed by atoms with E-state index in [1.54, 1.807) is 0 Å². The summed E-state index contributed by atoms with van der Waals surface area (Å²) >= 11 is 0. The molecule has 1 fully saturated rings. The first-order valence-electron chi connectivity index (χ1n) is 5.23. The van der Waals surface area contributed by atoms with E-state index >= 15 is 0 Å². The number of aromatic nitrogens is 2. The van der Waals surface area contributed by atoms with E-state index in [4.69, 9.17) is 0 Å². The molecule has 0 radical (unpaired) electrons. The second-order valence-electron chi connectivity index (χ2n) is 4.03. The predicted molar refractivity (Wildman–Crippen MR) is 50.5 cm³/mol. The first-order valence-corrected chi connectivity index (χ1v) is 5.23. The minimum Gasteiger partial charge on any atom is -0.335 e. The molecule has 0 bridgehead atoms. The summed E-state index contributed by atoms with van der Waals surface area (Å²) in [7, 11) is 0. The van der Waals surface area contributed by atoms with Crippen LogP contribution in [0.15, 0.2) is 6.20 Å². The van der Waals surface area contributed by atoms with Crippen LogP contribution in [-0.4, -0.2) is 16.1 Å². The zero-order valence-electron chi connectivity index (χ0n) is 7.79. The molecule has 13 heavy (non-hydrogen) atoms. The SMILES string of the molecule is c1c(C2CCN2)nc2n1CCCC2. The number of aryl methyl sites for hydroxylation is 2. The van der Waals surface area contributed by atoms with E-state index in [-0.39, 0.29) is 0 Å². The fourth-order valence-corrected chi connectivity index (χ4v) is 2.14. The Labute approximate surface area is 78.2 Å². The van der Waals surface area contributed by atoms with Gasteiger partial charge in [0.05, 0.1) is 11.7 Å². The quantitative estimate of drug-likeness (QED) is 0.699. The first-order chi connectivity index (χ1) is 6.43.